The summed E-state index contributed by atoms with van der Waals surface area (Å²) in [5.74, 6) is 1.57. The van der Waals surface area contributed by atoms with E-state index in [-0.39, 0.29) is 0 Å². The van der Waals surface area contributed by atoms with Crippen LogP contribution in [0.5, 0.6) is 0 Å². The molecule has 40 heavy (non-hydrogen) atoms. The molecule has 1 aliphatic rings. The molecule has 3 heterocycles. The molecule has 5 aromatic carbocycles. The Bertz CT molecular complexity index is 2020. The van der Waals surface area contributed by atoms with Gasteiger partial charge in [0.15, 0.2) is 5.82 Å². The van der Waals surface area contributed by atoms with Crippen molar-refractivity contribution >= 4 is 45.7 Å². The number of nitrogens with zero attached hydrogens (tertiary/aromatic N) is 3. The van der Waals surface area contributed by atoms with Crippen LogP contribution in [-0.4, -0.2) is 14.5 Å². The van der Waals surface area contributed by atoms with Crippen LogP contribution in [-0.2, 0) is 0 Å². The monoisotopic (exact) mass is 529 g/mol. The molecule has 2 aromatic heterocycles. The van der Waals surface area contributed by atoms with E-state index in [4.69, 9.17) is 9.97 Å². The van der Waals surface area contributed by atoms with E-state index in [1.165, 1.54) is 31.7 Å². The number of aromatic nitrogens is 3. The Balaban J connectivity index is 1.43. The van der Waals surface area contributed by atoms with Gasteiger partial charge in [0.2, 0.25) is 0 Å². The van der Waals surface area contributed by atoms with Crippen LogP contribution in [0.2, 0.25) is 0 Å². The zero-order chi connectivity index (χ0) is 26.5. The lowest BCUT2D eigenvalue weighted by Crippen LogP contribution is -2.02. The van der Waals surface area contributed by atoms with Gasteiger partial charge in [0, 0.05) is 37.8 Å². The van der Waals surface area contributed by atoms with Crippen molar-refractivity contribution in [3.8, 4) is 28.5 Å². The van der Waals surface area contributed by atoms with Crippen molar-refractivity contribution in [1.29, 1.82) is 0 Å². The third-order valence-corrected chi connectivity index (χ3v) is 8.67. The van der Waals surface area contributed by atoms with Gasteiger partial charge in [-0.1, -0.05) is 127 Å². The van der Waals surface area contributed by atoms with Crippen molar-refractivity contribution in [3.63, 3.8) is 0 Å². The molecule has 4 heteroatoms. The fraction of sp³-hybridized carbons (Fsp3) is 0. The predicted molar refractivity (Wildman–Crippen MR) is 167 cm³/mol. The van der Waals surface area contributed by atoms with Crippen LogP contribution in [0.25, 0.3) is 62.4 Å². The van der Waals surface area contributed by atoms with Crippen LogP contribution < -0.4 is 0 Å². The minimum Gasteiger partial charge on any atom is -0.294 e. The van der Waals surface area contributed by atoms with Crippen molar-refractivity contribution in [2.24, 2.45) is 0 Å². The summed E-state index contributed by atoms with van der Waals surface area (Å²) in [4.78, 5) is 12.7. The Morgan fingerprint density at radius 2 is 1.25 bits per heavy atom. The lowest BCUT2D eigenvalue weighted by atomic mass is 10.1. The fourth-order valence-corrected chi connectivity index (χ4v) is 6.75. The Kier molecular flexibility index (Phi) is 5.39. The second-order valence-electron chi connectivity index (χ2n) is 9.87. The Labute approximate surface area is 236 Å². The highest BCUT2D eigenvalue weighted by Gasteiger charge is 2.21. The van der Waals surface area contributed by atoms with Crippen LogP contribution >= 0.6 is 11.8 Å². The number of hydrogen-bond donors (Lipinski definition) is 0. The van der Waals surface area contributed by atoms with E-state index in [0.717, 1.165) is 33.7 Å². The van der Waals surface area contributed by atoms with Gasteiger partial charge in [0.05, 0.1) is 16.7 Å². The highest BCUT2D eigenvalue weighted by atomic mass is 32.2. The van der Waals surface area contributed by atoms with Gasteiger partial charge in [-0.25, -0.2) is 9.97 Å². The average molecular weight is 530 g/mol. The average Bonchev–Trinajstić information content (AvgIpc) is 3.24. The zero-order valence-electron chi connectivity index (χ0n) is 21.5. The van der Waals surface area contributed by atoms with Gasteiger partial charge in [-0.3, -0.25) is 4.57 Å². The summed E-state index contributed by atoms with van der Waals surface area (Å²) in [7, 11) is 0. The van der Waals surface area contributed by atoms with E-state index < -0.39 is 0 Å². The highest BCUT2D eigenvalue weighted by Crippen LogP contribution is 2.45. The van der Waals surface area contributed by atoms with Gasteiger partial charge in [0.25, 0.3) is 0 Å². The third-order valence-electron chi connectivity index (χ3n) is 7.44. The van der Waals surface area contributed by atoms with Gasteiger partial charge in [-0.15, -0.1) is 0 Å². The third kappa shape index (κ3) is 3.76. The number of para-hydroxylation sites is 1. The minimum atomic E-state index is 0.712. The standard InChI is InChI=1S/C36H23N3S/c1-3-11-24(12-4-1)29-23-33(38-36(37-29)27-14-5-2-6-15-27)39-30-17-9-8-16-28(30)34-31(39)22-21-26-20-19-25-13-7-10-18-32(25)40-35(26)34/h1-23H. The molecule has 7 aromatic rings. The van der Waals surface area contributed by atoms with Crippen LogP contribution in [0.3, 0.4) is 0 Å². The van der Waals surface area contributed by atoms with E-state index in [2.05, 4.69) is 120 Å². The first-order valence-electron chi connectivity index (χ1n) is 13.3. The summed E-state index contributed by atoms with van der Waals surface area (Å²) in [5.41, 5.74) is 7.70. The maximum absolute atomic E-state index is 5.17. The molecule has 188 valence electrons. The normalized spacial score (nSPS) is 12.3. The number of benzene rings is 5. The molecule has 0 unspecified atom stereocenters. The van der Waals surface area contributed by atoms with Crippen LogP contribution in [0.15, 0.2) is 137 Å². The second-order valence-corrected chi connectivity index (χ2v) is 10.9. The van der Waals surface area contributed by atoms with Gasteiger partial charge in [0.1, 0.15) is 5.82 Å². The van der Waals surface area contributed by atoms with Crippen LogP contribution in [0.1, 0.15) is 11.1 Å². The first kappa shape index (κ1) is 23.0. The second kappa shape index (κ2) is 9.37. The molecule has 1 aliphatic heterocycles. The smallest absolute Gasteiger partial charge is 0.162 e. The molecule has 0 radical (unpaired) electrons. The number of hydrogen-bond acceptors (Lipinski definition) is 3. The summed E-state index contributed by atoms with van der Waals surface area (Å²) in [5, 5.41) is 2.47. The predicted octanol–water partition coefficient (Wildman–Crippen LogP) is 9.54. The van der Waals surface area contributed by atoms with Gasteiger partial charge >= 0.3 is 0 Å². The molecule has 8 rings (SSSR count). The molecule has 0 N–H and O–H groups in total. The molecule has 0 atom stereocenters. The molecule has 0 bridgehead atoms. The molecule has 0 aliphatic carbocycles. The van der Waals surface area contributed by atoms with Crippen molar-refractivity contribution in [2.45, 2.75) is 9.79 Å². The fourth-order valence-electron chi connectivity index (χ4n) is 5.56. The quantitative estimate of drug-likeness (QED) is 0.228. The molecule has 0 amide bonds. The Morgan fingerprint density at radius 3 is 2.10 bits per heavy atom. The zero-order valence-corrected chi connectivity index (χ0v) is 22.3. The number of rotatable bonds is 3. The summed E-state index contributed by atoms with van der Waals surface area (Å²) < 4.78 is 2.30. The van der Waals surface area contributed by atoms with Gasteiger partial charge in [-0.2, -0.15) is 0 Å². The molecule has 3 nitrogen and oxygen atoms in total. The highest BCUT2D eigenvalue weighted by molar-refractivity contribution is 7.99. The van der Waals surface area contributed by atoms with E-state index in [0.29, 0.717) is 5.82 Å². The molecule has 0 spiro atoms. The molecular weight excluding hydrogens is 506 g/mol. The van der Waals surface area contributed by atoms with E-state index >= 15 is 0 Å². The van der Waals surface area contributed by atoms with Gasteiger partial charge < -0.3 is 0 Å². The lowest BCUT2D eigenvalue weighted by molar-refractivity contribution is 1.05. The van der Waals surface area contributed by atoms with Crippen molar-refractivity contribution in [2.75, 3.05) is 0 Å². The lowest BCUT2D eigenvalue weighted by Gasteiger charge is -2.13. The van der Waals surface area contributed by atoms with Crippen LogP contribution in [0, 0.1) is 0 Å². The largest absolute Gasteiger partial charge is 0.294 e. The first-order chi connectivity index (χ1) is 19.8. The first-order valence-corrected chi connectivity index (χ1v) is 14.2. The number of fused-ring (bicyclic) bond motifs is 6. The van der Waals surface area contributed by atoms with Gasteiger partial charge in [-0.05, 0) is 29.3 Å². The molecular formula is C36H23N3S. The van der Waals surface area contributed by atoms with E-state index in [9.17, 15) is 0 Å². The molecule has 0 fully saturated rings. The SMILES string of the molecule is C1=Cc2ccc3c(c2Sc2ccccc21)c1ccccc1n3-c1cc(-c2ccccc2)nc(-c2ccccc2)n1. The van der Waals surface area contributed by atoms with Crippen molar-refractivity contribution in [3.05, 3.63) is 139 Å². The maximum atomic E-state index is 5.17. The van der Waals surface area contributed by atoms with Crippen molar-refractivity contribution in [1.82, 2.24) is 14.5 Å². The van der Waals surface area contributed by atoms with Crippen molar-refractivity contribution < 1.29 is 0 Å². The summed E-state index contributed by atoms with van der Waals surface area (Å²) in [6.45, 7) is 0. The summed E-state index contributed by atoms with van der Waals surface area (Å²) in [6.07, 6.45) is 4.47. The summed E-state index contributed by atoms with van der Waals surface area (Å²) >= 11 is 1.85. The molecule has 0 saturated heterocycles. The van der Waals surface area contributed by atoms with E-state index in [1.54, 1.807) is 0 Å². The Morgan fingerprint density at radius 1 is 0.550 bits per heavy atom. The van der Waals surface area contributed by atoms with E-state index in [1.807, 2.05) is 36.0 Å². The summed E-state index contributed by atoms with van der Waals surface area (Å²) in [6, 6.07) is 44.4. The maximum Gasteiger partial charge on any atom is 0.162 e. The molecule has 0 saturated carbocycles. The van der Waals surface area contributed by atoms with Crippen LogP contribution in [0.4, 0.5) is 0 Å². The Hall–Kier alpha value is -4.93. The minimum absolute atomic E-state index is 0.712. The topological polar surface area (TPSA) is 30.7 Å².